The SMILES string of the molecule is F[CH]c1cccc2cc3ccccc3cc12. The fraction of sp³-hybridized carbons (Fsp3) is 0. The Kier molecular flexibility index (Phi) is 2.10. The molecule has 0 fully saturated rings. The first kappa shape index (κ1) is 9.34. The van der Waals surface area contributed by atoms with E-state index in [9.17, 15) is 4.39 Å². The van der Waals surface area contributed by atoms with E-state index in [0.717, 1.165) is 16.2 Å². The van der Waals surface area contributed by atoms with Crippen LogP contribution >= 0.6 is 0 Å². The zero-order chi connectivity index (χ0) is 11.0. The number of hydrogen-bond acceptors (Lipinski definition) is 0. The second-order valence-corrected chi connectivity index (χ2v) is 3.88. The average molecular weight is 209 g/mol. The first-order valence-corrected chi connectivity index (χ1v) is 5.23. The van der Waals surface area contributed by atoms with Crippen molar-refractivity contribution >= 4 is 21.5 Å². The molecule has 0 aromatic heterocycles. The van der Waals surface area contributed by atoms with Crippen molar-refractivity contribution in [3.8, 4) is 0 Å². The van der Waals surface area contributed by atoms with E-state index < -0.39 is 0 Å². The van der Waals surface area contributed by atoms with E-state index in [-0.39, 0.29) is 0 Å². The number of halogens is 1. The minimum atomic E-state index is 0.642. The van der Waals surface area contributed by atoms with Gasteiger partial charge in [-0.05, 0) is 39.2 Å². The standard InChI is InChI=1S/C15H10F/c16-10-14-7-3-6-13-8-11-4-1-2-5-12(11)9-15(13)14/h1-10H. The predicted molar refractivity (Wildman–Crippen MR) is 66.0 cm³/mol. The van der Waals surface area contributed by atoms with Crippen LogP contribution in [0, 0.1) is 6.67 Å². The van der Waals surface area contributed by atoms with Gasteiger partial charge < -0.3 is 0 Å². The van der Waals surface area contributed by atoms with Crippen molar-refractivity contribution in [2.45, 2.75) is 0 Å². The van der Waals surface area contributed by atoms with Crippen LogP contribution in [-0.2, 0) is 0 Å². The molecule has 0 aliphatic carbocycles. The first-order chi connectivity index (χ1) is 7.88. The number of benzene rings is 3. The molecule has 0 spiro atoms. The molecule has 3 aromatic rings. The first-order valence-electron chi connectivity index (χ1n) is 5.23. The Morgan fingerprint density at radius 1 is 0.750 bits per heavy atom. The molecule has 16 heavy (non-hydrogen) atoms. The molecule has 77 valence electrons. The molecule has 0 aliphatic rings. The smallest absolute Gasteiger partial charge is 0.161 e. The molecule has 0 aliphatic heterocycles. The Morgan fingerprint density at radius 2 is 1.44 bits per heavy atom. The quantitative estimate of drug-likeness (QED) is 0.518. The highest BCUT2D eigenvalue weighted by molar-refractivity contribution is 5.99. The summed E-state index contributed by atoms with van der Waals surface area (Å²) in [5.41, 5.74) is 0.642. The van der Waals surface area contributed by atoms with Crippen molar-refractivity contribution in [3.63, 3.8) is 0 Å². The minimum absolute atomic E-state index is 0.642. The van der Waals surface area contributed by atoms with E-state index in [1.807, 2.05) is 36.4 Å². The Bertz CT molecular complexity index is 656. The third kappa shape index (κ3) is 1.36. The van der Waals surface area contributed by atoms with E-state index in [1.165, 1.54) is 5.39 Å². The van der Waals surface area contributed by atoms with Gasteiger partial charge in [0.15, 0.2) is 6.67 Å². The van der Waals surface area contributed by atoms with Crippen LogP contribution in [0.1, 0.15) is 5.56 Å². The highest BCUT2D eigenvalue weighted by Gasteiger charge is 2.02. The molecule has 0 unspecified atom stereocenters. The summed E-state index contributed by atoms with van der Waals surface area (Å²) in [5.74, 6) is 0. The Morgan fingerprint density at radius 3 is 2.19 bits per heavy atom. The normalized spacial score (nSPS) is 11.1. The lowest BCUT2D eigenvalue weighted by Gasteiger charge is -2.05. The molecule has 0 bridgehead atoms. The van der Waals surface area contributed by atoms with Gasteiger partial charge >= 0.3 is 0 Å². The molecule has 3 aromatic carbocycles. The fourth-order valence-corrected chi connectivity index (χ4v) is 2.09. The van der Waals surface area contributed by atoms with Gasteiger partial charge in [-0.1, -0.05) is 42.5 Å². The lowest BCUT2D eigenvalue weighted by Crippen LogP contribution is -1.81. The van der Waals surface area contributed by atoms with E-state index in [1.54, 1.807) is 6.07 Å². The number of hydrogen-bond donors (Lipinski definition) is 0. The van der Waals surface area contributed by atoms with Gasteiger partial charge in [0.1, 0.15) is 0 Å². The van der Waals surface area contributed by atoms with Crippen molar-refractivity contribution in [2.75, 3.05) is 0 Å². The number of rotatable bonds is 1. The van der Waals surface area contributed by atoms with Crippen molar-refractivity contribution in [2.24, 2.45) is 0 Å². The monoisotopic (exact) mass is 209 g/mol. The maximum atomic E-state index is 12.7. The van der Waals surface area contributed by atoms with Crippen LogP contribution in [0.25, 0.3) is 21.5 Å². The predicted octanol–water partition coefficient (Wildman–Crippen LogP) is 4.47. The van der Waals surface area contributed by atoms with Crippen LogP contribution in [-0.4, -0.2) is 0 Å². The maximum Gasteiger partial charge on any atom is 0.161 e. The summed E-state index contributed by atoms with van der Waals surface area (Å²) in [5, 5.41) is 4.36. The minimum Gasteiger partial charge on any atom is -0.239 e. The van der Waals surface area contributed by atoms with Gasteiger partial charge in [0.25, 0.3) is 0 Å². The summed E-state index contributed by atoms with van der Waals surface area (Å²) in [6, 6.07) is 17.9. The molecule has 1 heteroatoms. The third-order valence-electron chi connectivity index (χ3n) is 2.90. The number of fused-ring (bicyclic) bond motifs is 2. The lowest BCUT2D eigenvalue weighted by molar-refractivity contribution is 0.648. The van der Waals surface area contributed by atoms with Crippen LogP contribution in [0.15, 0.2) is 54.6 Å². The Balaban J connectivity index is 2.46. The van der Waals surface area contributed by atoms with Crippen LogP contribution < -0.4 is 0 Å². The summed E-state index contributed by atoms with van der Waals surface area (Å²) in [6.45, 7) is 0.664. The average Bonchev–Trinajstić information content (AvgIpc) is 2.35. The molecule has 0 atom stereocenters. The molecule has 0 heterocycles. The van der Waals surface area contributed by atoms with Gasteiger partial charge in [-0.25, -0.2) is 4.39 Å². The maximum absolute atomic E-state index is 12.7. The van der Waals surface area contributed by atoms with Crippen LogP contribution in [0.5, 0.6) is 0 Å². The molecule has 0 saturated carbocycles. The van der Waals surface area contributed by atoms with Crippen molar-refractivity contribution in [1.29, 1.82) is 0 Å². The highest BCUT2D eigenvalue weighted by atomic mass is 19.1. The molecule has 0 N–H and O–H groups in total. The zero-order valence-corrected chi connectivity index (χ0v) is 8.65. The van der Waals surface area contributed by atoms with Gasteiger partial charge in [-0.15, -0.1) is 0 Å². The van der Waals surface area contributed by atoms with Gasteiger partial charge in [-0.2, -0.15) is 0 Å². The van der Waals surface area contributed by atoms with Gasteiger partial charge in [0, 0.05) is 0 Å². The highest BCUT2D eigenvalue weighted by Crippen LogP contribution is 2.26. The van der Waals surface area contributed by atoms with E-state index >= 15 is 0 Å². The van der Waals surface area contributed by atoms with Gasteiger partial charge in [0.2, 0.25) is 0 Å². The summed E-state index contributed by atoms with van der Waals surface area (Å²) in [6.07, 6.45) is 0. The molecule has 0 amide bonds. The molecule has 0 saturated heterocycles. The van der Waals surface area contributed by atoms with Crippen molar-refractivity contribution < 1.29 is 4.39 Å². The summed E-state index contributed by atoms with van der Waals surface area (Å²) in [4.78, 5) is 0. The Hall–Kier alpha value is -1.89. The van der Waals surface area contributed by atoms with Gasteiger partial charge in [-0.3, -0.25) is 0 Å². The van der Waals surface area contributed by atoms with Crippen LogP contribution in [0.4, 0.5) is 4.39 Å². The third-order valence-corrected chi connectivity index (χ3v) is 2.90. The van der Waals surface area contributed by atoms with E-state index in [2.05, 4.69) is 12.1 Å². The molecule has 1 radical (unpaired) electrons. The molecule has 0 nitrogen and oxygen atoms in total. The molecular weight excluding hydrogens is 199 g/mol. The van der Waals surface area contributed by atoms with E-state index in [4.69, 9.17) is 0 Å². The van der Waals surface area contributed by atoms with Gasteiger partial charge in [0.05, 0.1) is 0 Å². The largest absolute Gasteiger partial charge is 0.239 e. The van der Waals surface area contributed by atoms with Crippen LogP contribution in [0.3, 0.4) is 0 Å². The van der Waals surface area contributed by atoms with Crippen molar-refractivity contribution in [1.82, 2.24) is 0 Å². The lowest BCUT2D eigenvalue weighted by atomic mass is 10.0. The summed E-state index contributed by atoms with van der Waals surface area (Å²) < 4.78 is 12.7. The second kappa shape index (κ2) is 3.60. The molecule has 3 rings (SSSR count). The molecular formula is C15H10F. The fourth-order valence-electron chi connectivity index (χ4n) is 2.09. The topological polar surface area (TPSA) is 0 Å². The summed E-state index contributed by atoms with van der Waals surface area (Å²) in [7, 11) is 0. The zero-order valence-electron chi connectivity index (χ0n) is 8.65. The Labute approximate surface area is 93.3 Å². The van der Waals surface area contributed by atoms with Crippen molar-refractivity contribution in [3.05, 3.63) is 66.8 Å². The van der Waals surface area contributed by atoms with E-state index in [0.29, 0.717) is 12.2 Å². The summed E-state index contributed by atoms with van der Waals surface area (Å²) >= 11 is 0. The second-order valence-electron chi connectivity index (χ2n) is 3.88. The van der Waals surface area contributed by atoms with Crippen LogP contribution in [0.2, 0.25) is 0 Å².